The second-order valence-corrected chi connectivity index (χ2v) is 9.04. The van der Waals surface area contributed by atoms with Crippen LogP contribution in [0.2, 0.25) is 0 Å². The fourth-order valence-corrected chi connectivity index (χ4v) is 4.36. The molecule has 0 spiro atoms. The SMILES string of the molecule is CC(=O)N1CCN(c2cnn(-c3ccc(C)cc3)c(=O)c2Oc2ccc(-c3ccc(F)cc3)cc2)CC1. The molecule has 1 fully saturated rings. The van der Waals surface area contributed by atoms with Gasteiger partial charge in [-0.1, -0.05) is 42.0 Å². The van der Waals surface area contributed by atoms with Gasteiger partial charge in [0.1, 0.15) is 17.3 Å². The number of anilines is 1. The highest BCUT2D eigenvalue weighted by Crippen LogP contribution is 2.31. The summed E-state index contributed by atoms with van der Waals surface area (Å²) in [5.41, 5.74) is 3.70. The second-order valence-electron chi connectivity index (χ2n) is 9.04. The van der Waals surface area contributed by atoms with Crippen molar-refractivity contribution in [3.05, 3.63) is 101 Å². The molecule has 0 bridgehead atoms. The first-order valence-electron chi connectivity index (χ1n) is 12.1. The van der Waals surface area contributed by atoms with Crippen molar-refractivity contribution in [1.82, 2.24) is 14.7 Å². The van der Waals surface area contributed by atoms with Gasteiger partial charge >= 0.3 is 5.56 Å². The highest BCUT2D eigenvalue weighted by Gasteiger charge is 2.25. The summed E-state index contributed by atoms with van der Waals surface area (Å²) in [7, 11) is 0. The first kappa shape index (κ1) is 24.2. The first-order chi connectivity index (χ1) is 17.9. The lowest BCUT2D eigenvalue weighted by Crippen LogP contribution is -2.48. The van der Waals surface area contributed by atoms with Gasteiger partial charge in [0, 0.05) is 33.1 Å². The zero-order valence-corrected chi connectivity index (χ0v) is 20.7. The van der Waals surface area contributed by atoms with Gasteiger partial charge in [0.05, 0.1) is 11.9 Å². The van der Waals surface area contributed by atoms with E-state index >= 15 is 0 Å². The third-order valence-corrected chi connectivity index (χ3v) is 6.51. The van der Waals surface area contributed by atoms with Gasteiger partial charge in [0.2, 0.25) is 11.7 Å². The number of piperazine rings is 1. The average Bonchev–Trinajstić information content (AvgIpc) is 2.91. The van der Waals surface area contributed by atoms with Crippen molar-refractivity contribution < 1.29 is 13.9 Å². The van der Waals surface area contributed by atoms with Crippen molar-refractivity contribution in [3.63, 3.8) is 0 Å². The Kier molecular flexibility index (Phi) is 6.72. The molecule has 0 aliphatic carbocycles. The fraction of sp³-hybridized carbons (Fsp3) is 0.207. The van der Waals surface area contributed by atoms with Crippen LogP contribution in [0.3, 0.4) is 0 Å². The van der Waals surface area contributed by atoms with Gasteiger partial charge < -0.3 is 14.5 Å². The molecule has 0 saturated carbocycles. The number of aryl methyl sites for hydroxylation is 1. The largest absolute Gasteiger partial charge is 0.449 e. The van der Waals surface area contributed by atoms with Gasteiger partial charge in [-0.15, -0.1) is 0 Å². The predicted octanol–water partition coefficient (Wildman–Crippen LogP) is 4.81. The number of rotatable bonds is 5. The molecule has 2 heterocycles. The van der Waals surface area contributed by atoms with Crippen molar-refractivity contribution in [1.29, 1.82) is 0 Å². The van der Waals surface area contributed by atoms with Crippen LogP contribution in [-0.2, 0) is 4.79 Å². The zero-order valence-electron chi connectivity index (χ0n) is 20.7. The minimum absolute atomic E-state index is 0.0327. The minimum atomic E-state index is -0.377. The Morgan fingerprint density at radius 3 is 2.05 bits per heavy atom. The summed E-state index contributed by atoms with van der Waals surface area (Å²) in [5.74, 6) is 0.405. The van der Waals surface area contributed by atoms with E-state index < -0.39 is 0 Å². The number of hydrogen-bond donors (Lipinski definition) is 0. The molecule has 0 unspecified atom stereocenters. The molecule has 188 valence electrons. The lowest BCUT2D eigenvalue weighted by atomic mass is 10.1. The molecule has 1 aliphatic rings. The standard InChI is InChI=1S/C29H27FN4O3/c1-20-3-11-25(12-4-20)34-29(36)28(27(19-31-34)33-17-15-32(16-18-33)21(2)35)37-26-13-7-23(8-14-26)22-5-9-24(30)10-6-22/h3-14,19H,15-18H2,1-2H3. The van der Waals surface area contributed by atoms with E-state index in [2.05, 4.69) is 5.10 Å². The zero-order chi connectivity index (χ0) is 25.9. The van der Waals surface area contributed by atoms with Crippen LogP contribution in [0.5, 0.6) is 11.5 Å². The van der Waals surface area contributed by atoms with E-state index in [0.717, 1.165) is 16.7 Å². The van der Waals surface area contributed by atoms with E-state index in [1.54, 1.807) is 42.3 Å². The van der Waals surface area contributed by atoms with Crippen LogP contribution in [0.25, 0.3) is 16.8 Å². The molecule has 0 N–H and O–H groups in total. The number of nitrogens with zero attached hydrogens (tertiary/aromatic N) is 4. The quantitative estimate of drug-likeness (QED) is 0.395. The van der Waals surface area contributed by atoms with Crippen LogP contribution in [0.4, 0.5) is 10.1 Å². The summed E-state index contributed by atoms with van der Waals surface area (Å²) >= 11 is 0. The molecule has 4 aromatic rings. The third-order valence-electron chi connectivity index (χ3n) is 6.51. The number of halogens is 1. The lowest BCUT2D eigenvalue weighted by molar-refractivity contribution is -0.129. The number of carbonyl (C=O) groups is 1. The smallest absolute Gasteiger partial charge is 0.316 e. The lowest BCUT2D eigenvalue weighted by Gasteiger charge is -2.35. The third kappa shape index (κ3) is 5.23. The van der Waals surface area contributed by atoms with Crippen molar-refractivity contribution in [3.8, 4) is 28.3 Å². The van der Waals surface area contributed by atoms with Crippen LogP contribution in [0, 0.1) is 12.7 Å². The molecule has 1 aliphatic heterocycles. The maximum atomic E-state index is 13.7. The van der Waals surface area contributed by atoms with Crippen LogP contribution >= 0.6 is 0 Å². The fourth-order valence-electron chi connectivity index (χ4n) is 4.36. The Balaban J connectivity index is 1.49. The van der Waals surface area contributed by atoms with Crippen LogP contribution < -0.4 is 15.2 Å². The van der Waals surface area contributed by atoms with Crippen molar-refractivity contribution in [2.75, 3.05) is 31.1 Å². The Morgan fingerprint density at radius 1 is 0.865 bits per heavy atom. The first-order valence-corrected chi connectivity index (χ1v) is 12.1. The summed E-state index contributed by atoms with van der Waals surface area (Å²) in [6.45, 7) is 5.78. The van der Waals surface area contributed by atoms with E-state index in [1.807, 2.05) is 48.2 Å². The Morgan fingerprint density at radius 2 is 1.46 bits per heavy atom. The second kappa shape index (κ2) is 10.3. The minimum Gasteiger partial charge on any atom is -0.449 e. The topological polar surface area (TPSA) is 67.7 Å². The van der Waals surface area contributed by atoms with Gasteiger partial charge in [-0.3, -0.25) is 9.59 Å². The molecule has 5 rings (SSSR count). The van der Waals surface area contributed by atoms with E-state index in [4.69, 9.17) is 4.74 Å². The Hall–Kier alpha value is -4.46. The van der Waals surface area contributed by atoms with Gasteiger partial charge in [-0.2, -0.15) is 9.78 Å². The van der Waals surface area contributed by atoms with Gasteiger partial charge in [0.15, 0.2) is 0 Å². The maximum Gasteiger partial charge on any atom is 0.316 e. The number of ether oxygens (including phenoxy) is 1. The molecule has 1 saturated heterocycles. The van der Waals surface area contributed by atoms with Crippen LogP contribution in [0.15, 0.2) is 83.8 Å². The Labute approximate surface area is 214 Å². The number of amides is 1. The number of carbonyl (C=O) groups excluding carboxylic acids is 1. The summed E-state index contributed by atoms with van der Waals surface area (Å²) in [6.07, 6.45) is 1.65. The van der Waals surface area contributed by atoms with E-state index in [0.29, 0.717) is 43.3 Å². The van der Waals surface area contributed by atoms with E-state index in [1.165, 1.54) is 16.8 Å². The summed E-state index contributed by atoms with van der Waals surface area (Å²) in [6, 6.07) is 21.1. The molecule has 0 atom stereocenters. The van der Waals surface area contributed by atoms with E-state index in [9.17, 15) is 14.0 Å². The maximum absolute atomic E-state index is 13.7. The van der Waals surface area contributed by atoms with Crippen molar-refractivity contribution in [2.24, 2.45) is 0 Å². The van der Waals surface area contributed by atoms with Gasteiger partial charge in [-0.05, 0) is 54.4 Å². The van der Waals surface area contributed by atoms with Crippen LogP contribution in [0.1, 0.15) is 12.5 Å². The number of aromatic nitrogens is 2. The molecule has 7 nitrogen and oxygen atoms in total. The van der Waals surface area contributed by atoms with Gasteiger partial charge in [0.25, 0.3) is 0 Å². The summed E-state index contributed by atoms with van der Waals surface area (Å²) in [5, 5.41) is 4.44. The Bertz CT molecular complexity index is 1460. The molecule has 1 aromatic heterocycles. The number of hydrogen-bond acceptors (Lipinski definition) is 5. The van der Waals surface area contributed by atoms with Crippen molar-refractivity contribution >= 4 is 11.6 Å². The highest BCUT2D eigenvalue weighted by molar-refractivity contribution is 5.73. The average molecular weight is 499 g/mol. The molecule has 37 heavy (non-hydrogen) atoms. The monoisotopic (exact) mass is 498 g/mol. The molecular formula is C29H27FN4O3. The summed E-state index contributed by atoms with van der Waals surface area (Å²) < 4.78 is 20.8. The summed E-state index contributed by atoms with van der Waals surface area (Å²) in [4.78, 5) is 29.2. The molecule has 1 amide bonds. The predicted molar refractivity (Wildman–Crippen MR) is 141 cm³/mol. The van der Waals surface area contributed by atoms with E-state index in [-0.39, 0.29) is 23.0 Å². The number of benzene rings is 3. The van der Waals surface area contributed by atoms with Crippen molar-refractivity contribution in [2.45, 2.75) is 13.8 Å². The molecule has 8 heteroatoms. The van der Waals surface area contributed by atoms with Gasteiger partial charge in [-0.25, -0.2) is 4.39 Å². The molecular weight excluding hydrogens is 471 g/mol. The molecule has 0 radical (unpaired) electrons. The normalized spacial score (nSPS) is 13.5. The molecule has 3 aromatic carbocycles. The van der Waals surface area contributed by atoms with Crippen LogP contribution in [-0.4, -0.2) is 46.8 Å². The highest BCUT2D eigenvalue weighted by atomic mass is 19.1.